The van der Waals surface area contributed by atoms with Gasteiger partial charge in [-0.1, -0.05) is 18.5 Å². The second-order valence-electron chi connectivity index (χ2n) is 5.71. The molecule has 0 atom stereocenters. The zero-order chi connectivity index (χ0) is 15.5. The Bertz CT molecular complexity index is 646. The van der Waals surface area contributed by atoms with Gasteiger partial charge in [-0.05, 0) is 48.2 Å². The molecule has 2 aromatic rings. The van der Waals surface area contributed by atoms with Crippen molar-refractivity contribution >= 4 is 17.5 Å². The summed E-state index contributed by atoms with van der Waals surface area (Å²) >= 11 is 5.86. The summed E-state index contributed by atoms with van der Waals surface area (Å²) in [4.78, 5) is 15.5. The summed E-state index contributed by atoms with van der Waals surface area (Å²) in [6.45, 7) is 3.99. The maximum atomic E-state index is 12.2. The molecule has 7 heteroatoms. The lowest BCUT2D eigenvalue weighted by atomic mass is 9.99. The molecule has 1 aliphatic rings. The van der Waals surface area contributed by atoms with E-state index >= 15 is 0 Å². The van der Waals surface area contributed by atoms with Crippen LogP contribution in [0.1, 0.15) is 19.8 Å². The molecule has 116 valence electrons. The largest absolute Gasteiger partial charge is 0.341 e. The fraction of sp³-hybridized carbons (Fsp3) is 0.467. The molecule has 22 heavy (non-hydrogen) atoms. The van der Waals surface area contributed by atoms with E-state index in [0.717, 1.165) is 31.5 Å². The Morgan fingerprint density at radius 2 is 1.95 bits per heavy atom. The molecule has 0 spiro atoms. The second kappa shape index (κ2) is 6.44. The minimum Gasteiger partial charge on any atom is -0.341 e. The highest BCUT2D eigenvalue weighted by molar-refractivity contribution is 6.30. The van der Waals surface area contributed by atoms with Crippen molar-refractivity contribution in [3.05, 3.63) is 29.3 Å². The van der Waals surface area contributed by atoms with Gasteiger partial charge in [-0.25, -0.2) is 0 Å². The lowest BCUT2D eigenvalue weighted by Gasteiger charge is -2.30. The number of rotatable bonds is 3. The van der Waals surface area contributed by atoms with Gasteiger partial charge in [-0.15, -0.1) is 10.2 Å². The van der Waals surface area contributed by atoms with Gasteiger partial charge in [0.1, 0.15) is 6.54 Å². The first-order chi connectivity index (χ1) is 10.6. The van der Waals surface area contributed by atoms with Crippen LogP contribution >= 0.6 is 11.6 Å². The molecule has 0 saturated carbocycles. The van der Waals surface area contributed by atoms with Gasteiger partial charge in [0.25, 0.3) is 0 Å². The minimum atomic E-state index is 0.0481. The molecule has 1 fully saturated rings. The number of piperidine rings is 1. The van der Waals surface area contributed by atoms with E-state index in [1.165, 1.54) is 4.80 Å². The molecular formula is C15H18ClN5O. The van der Waals surface area contributed by atoms with E-state index in [0.29, 0.717) is 16.8 Å². The summed E-state index contributed by atoms with van der Waals surface area (Å²) < 4.78 is 0. The van der Waals surface area contributed by atoms with Crippen molar-refractivity contribution in [3.8, 4) is 11.4 Å². The Labute approximate surface area is 134 Å². The van der Waals surface area contributed by atoms with E-state index in [9.17, 15) is 4.79 Å². The third kappa shape index (κ3) is 3.44. The van der Waals surface area contributed by atoms with Crippen LogP contribution in [-0.2, 0) is 11.3 Å². The first kappa shape index (κ1) is 15.0. The molecule has 6 nitrogen and oxygen atoms in total. The van der Waals surface area contributed by atoms with Crippen LogP contribution in [0.2, 0.25) is 5.02 Å². The highest BCUT2D eigenvalue weighted by Gasteiger charge is 2.21. The molecule has 0 unspecified atom stereocenters. The SMILES string of the molecule is CC1CCN(C(=O)Cn2nnc(-c3ccc(Cl)cc3)n2)CC1. The highest BCUT2D eigenvalue weighted by atomic mass is 35.5. The lowest BCUT2D eigenvalue weighted by Crippen LogP contribution is -2.40. The third-order valence-corrected chi connectivity index (χ3v) is 4.22. The first-order valence-electron chi connectivity index (χ1n) is 7.43. The molecule has 1 aromatic heterocycles. The molecule has 0 radical (unpaired) electrons. The fourth-order valence-corrected chi connectivity index (χ4v) is 2.63. The molecule has 1 aliphatic heterocycles. The molecule has 0 N–H and O–H groups in total. The van der Waals surface area contributed by atoms with Gasteiger partial charge in [0.15, 0.2) is 0 Å². The number of hydrogen-bond acceptors (Lipinski definition) is 4. The minimum absolute atomic E-state index is 0.0481. The van der Waals surface area contributed by atoms with Gasteiger partial charge in [-0.3, -0.25) is 4.79 Å². The Kier molecular flexibility index (Phi) is 4.38. The van der Waals surface area contributed by atoms with E-state index in [4.69, 9.17) is 11.6 Å². The van der Waals surface area contributed by atoms with Crippen LogP contribution < -0.4 is 0 Å². The van der Waals surface area contributed by atoms with Crippen LogP contribution in [0.3, 0.4) is 0 Å². The topological polar surface area (TPSA) is 63.9 Å². The van der Waals surface area contributed by atoms with Crippen molar-refractivity contribution in [2.45, 2.75) is 26.3 Å². The van der Waals surface area contributed by atoms with Crippen LogP contribution in [0.15, 0.2) is 24.3 Å². The molecule has 3 rings (SSSR count). The predicted octanol–water partition coefficient (Wildman–Crippen LogP) is 2.25. The fourth-order valence-electron chi connectivity index (χ4n) is 2.50. The van der Waals surface area contributed by atoms with Crippen LogP contribution in [0.5, 0.6) is 0 Å². The molecule has 1 aromatic carbocycles. The highest BCUT2D eigenvalue weighted by Crippen LogP contribution is 2.18. The Hall–Kier alpha value is -1.95. The van der Waals surface area contributed by atoms with Gasteiger partial charge >= 0.3 is 0 Å². The standard InChI is InChI=1S/C15H18ClN5O/c1-11-6-8-20(9-7-11)14(22)10-21-18-15(17-19-21)12-2-4-13(16)5-3-12/h2-5,11H,6-10H2,1H3. The quantitative estimate of drug-likeness (QED) is 0.870. The lowest BCUT2D eigenvalue weighted by molar-refractivity contribution is -0.133. The van der Waals surface area contributed by atoms with E-state index in [1.54, 1.807) is 12.1 Å². The molecular weight excluding hydrogens is 302 g/mol. The van der Waals surface area contributed by atoms with Gasteiger partial charge in [0.05, 0.1) is 0 Å². The summed E-state index contributed by atoms with van der Waals surface area (Å²) in [7, 11) is 0. The van der Waals surface area contributed by atoms with Crippen molar-refractivity contribution in [2.75, 3.05) is 13.1 Å². The van der Waals surface area contributed by atoms with Gasteiger partial charge in [0.2, 0.25) is 11.7 Å². The van der Waals surface area contributed by atoms with Crippen LogP contribution in [0, 0.1) is 5.92 Å². The summed E-state index contributed by atoms with van der Waals surface area (Å²) in [5.41, 5.74) is 0.829. The maximum Gasteiger partial charge on any atom is 0.246 e. The molecule has 1 amide bonds. The van der Waals surface area contributed by atoms with E-state index in [-0.39, 0.29) is 12.5 Å². The normalized spacial score (nSPS) is 16.0. The zero-order valence-corrected chi connectivity index (χ0v) is 13.2. The second-order valence-corrected chi connectivity index (χ2v) is 6.15. The van der Waals surface area contributed by atoms with Gasteiger partial charge in [0, 0.05) is 23.7 Å². The van der Waals surface area contributed by atoms with Crippen molar-refractivity contribution in [1.29, 1.82) is 0 Å². The summed E-state index contributed by atoms with van der Waals surface area (Å²) in [6.07, 6.45) is 2.12. The molecule has 1 saturated heterocycles. The molecule has 0 bridgehead atoms. The summed E-state index contributed by atoms with van der Waals surface area (Å²) in [5.74, 6) is 1.24. The maximum absolute atomic E-state index is 12.2. The predicted molar refractivity (Wildman–Crippen MR) is 83.2 cm³/mol. The average Bonchev–Trinajstić information content (AvgIpc) is 2.97. The number of carbonyl (C=O) groups is 1. The number of aromatic nitrogens is 4. The third-order valence-electron chi connectivity index (χ3n) is 3.97. The summed E-state index contributed by atoms with van der Waals surface area (Å²) in [6, 6.07) is 7.21. The number of benzene rings is 1. The van der Waals surface area contributed by atoms with E-state index in [1.807, 2.05) is 17.0 Å². The first-order valence-corrected chi connectivity index (χ1v) is 7.81. The van der Waals surface area contributed by atoms with Crippen LogP contribution in [0.25, 0.3) is 11.4 Å². The summed E-state index contributed by atoms with van der Waals surface area (Å²) in [5, 5.41) is 12.9. The Morgan fingerprint density at radius 1 is 1.27 bits per heavy atom. The van der Waals surface area contributed by atoms with Crippen molar-refractivity contribution in [3.63, 3.8) is 0 Å². The number of likely N-dealkylation sites (tertiary alicyclic amines) is 1. The van der Waals surface area contributed by atoms with Crippen molar-refractivity contribution < 1.29 is 4.79 Å². The number of carbonyl (C=O) groups excluding carboxylic acids is 1. The van der Waals surface area contributed by atoms with Crippen LogP contribution in [0.4, 0.5) is 0 Å². The van der Waals surface area contributed by atoms with E-state index in [2.05, 4.69) is 22.3 Å². The van der Waals surface area contributed by atoms with Crippen molar-refractivity contribution in [1.82, 2.24) is 25.1 Å². The number of amides is 1. The number of hydrogen-bond donors (Lipinski definition) is 0. The number of halogens is 1. The molecule has 2 heterocycles. The Morgan fingerprint density at radius 3 is 2.64 bits per heavy atom. The number of tetrazole rings is 1. The zero-order valence-electron chi connectivity index (χ0n) is 12.4. The average molecular weight is 320 g/mol. The van der Waals surface area contributed by atoms with E-state index < -0.39 is 0 Å². The van der Waals surface area contributed by atoms with Crippen LogP contribution in [-0.4, -0.2) is 44.1 Å². The number of nitrogens with zero attached hydrogens (tertiary/aromatic N) is 5. The smallest absolute Gasteiger partial charge is 0.246 e. The van der Waals surface area contributed by atoms with Gasteiger partial charge in [-0.2, -0.15) is 4.80 Å². The monoisotopic (exact) mass is 319 g/mol. The molecule has 0 aliphatic carbocycles. The van der Waals surface area contributed by atoms with Gasteiger partial charge < -0.3 is 4.90 Å². The Balaban J connectivity index is 1.64. The van der Waals surface area contributed by atoms with Crippen molar-refractivity contribution in [2.24, 2.45) is 5.92 Å².